The largest absolute Gasteiger partial charge is 0.310 e. The van der Waals surface area contributed by atoms with E-state index in [1.54, 1.807) is 0 Å². The minimum Gasteiger partial charge on any atom is -0.310 e. The Hall–Kier alpha value is -6.64. The Morgan fingerprint density at radius 1 is 0.393 bits per heavy atom. The van der Waals surface area contributed by atoms with Gasteiger partial charge >= 0.3 is 0 Å². The molecule has 2 aliphatic rings. The zero-order valence-corrected chi connectivity index (χ0v) is 32.2. The minimum absolute atomic E-state index is 0.0668. The number of hydrogen-bond acceptors (Lipinski definition) is 1. The predicted octanol–water partition coefficient (Wildman–Crippen LogP) is 14.5. The third-order valence-corrected chi connectivity index (χ3v) is 12.8. The van der Waals surface area contributed by atoms with Crippen LogP contribution in [-0.4, -0.2) is 4.57 Å². The molecule has 8 aromatic carbocycles. The van der Waals surface area contributed by atoms with Crippen LogP contribution >= 0.6 is 0 Å². The van der Waals surface area contributed by atoms with Crippen LogP contribution in [-0.2, 0) is 10.8 Å². The van der Waals surface area contributed by atoms with Gasteiger partial charge in [-0.05, 0) is 93.0 Å². The summed E-state index contributed by atoms with van der Waals surface area (Å²) in [6.07, 6.45) is 0. The SMILES string of the molecule is CC1(C)c2ccccc2-c2cc(N(c3cccc(-c4ccccc4-n4c5ccccc5c5ccccc54)c3)c3cccc4c3-c3ccccc3C4(C)C)ccc21. The van der Waals surface area contributed by atoms with Gasteiger partial charge in [0, 0.05) is 44.1 Å². The van der Waals surface area contributed by atoms with Crippen LogP contribution < -0.4 is 4.90 Å². The van der Waals surface area contributed by atoms with E-state index in [0.717, 1.165) is 11.4 Å². The highest BCUT2D eigenvalue weighted by atomic mass is 15.1. The van der Waals surface area contributed by atoms with E-state index in [2.05, 4.69) is 219 Å². The molecule has 0 unspecified atom stereocenters. The highest BCUT2D eigenvalue weighted by Gasteiger charge is 2.39. The lowest BCUT2D eigenvalue weighted by Gasteiger charge is -2.30. The summed E-state index contributed by atoms with van der Waals surface area (Å²) < 4.78 is 2.44. The number of fused-ring (bicyclic) bond motifs is 9. The number of nitrogens with zero attached hydrogens (tertiary/aromatic N) is 2. The number of para-hydroxylation sites is 3. The first kappa shape index (κ1) is 32.8. The second-order valence-corrected chi connectivity index (χ2v) is 16.5. The van der Waals surface area contributed by atoms with Crippen LogP contribution in [0.4, 0.5) is 17.1 Å². The molecule has 0 saturated heterocycles. The molecule has 1 aromatic heterocycles. The molecule has 0 amide bonds. The Balaban J connectivity index is 1.15. The van der Waals surface area contributed by atoms with Crippen LogP contribution in [0.2, 0.25) is 0 Å². The van der Waals surface area contributed by atoms with Crippen LogP contribution in [0, 0.1) is 0 Å². The molecule has 0 saturated carbocycles. The number of benzene rings is 8. The fourth-order valence-corrected chi connectivity index (χ4v) is 10.1. The molecule has 2 nitrogen and oxygen atoms in total. The minimum atomic E-state index is -0.113. The van der Waals surface area contributed by atoms with E-state index in [0.29, 0.717) is 0 Å². The Kier molecular flexibility index (Phi) is 6.98. The summed E-state index contributed by atoms with van der Waals surface area (Å²) in [7, 11) is 0. The van der Waals surface area contributed by atoms with Crippen LogP contribution in [0.25, 0.3) is 60.9 Å². The van der Waals surface area contributed by atoms with Crippen molar-refractivity contribution in [2.24, 2.45) is 0 Å². The first-order valence-corrected chi connectivity index (χ1v) is 19.8. The molecule has 268 valence electrons. The number of hydrogen-bond donors (Lipinski definition) is 0. The lowest BCUT2D eigenvalue weighted by molar-refractivity contribution is 0.660. The lowest BCUT2D eigenvalue weighted by atomic mass is 9.82. The fraction of sp³-hybridized carbons (Fsp3) is 0.111. The highest BCUT2D eigenvalue weighted by molar-refractivity contribution is 6.10. The van der Waals surface area contributed by atoms with Crippen LogP contribution in [0.5, 0.6) is 0 Å². The first-order valence-electron chi connectivity index (χ1n) is 19.8. The molecule has 0 fully saturated rings. The molecule has 9 aromatic rings. The maximum atomic E-state index is 2.51. The van der Waals surface area contributed by atoms with Crippen molar-refractivity contribution < 1.29 is 0 Å². The van der Waals surface area contributed by atoms with Gasteiger partial charge in [0.15, 0.2) is 0 Å². The van der Waals surface area contributed by atoms with E-state index in [1.165, 1.54) is 88.8 Å². The maximum absolute atomic E-state index is 2.51. The molecule has 0 radical (unpaired) electrons. The molecular weight excluding hydrogens is 677 g/mol. The monoisotopic (exact) mass is 718 g/mol. The highest BCUT2D eigenvalue weighted by Crippen LogP contribution is 2.56. The summed E-state index contributed by atoms with van der Waals surface area (Å²) in [5, 5.41) is 2.53. The summed E-state index contributed by atoms with van der Waals surface area (Å²) >= 11 is 0. The van der Waals surface area contributed by atoms with Gasteiger partial charge in [0.2, 0.25) is 0 Å². The molecule has 2 heteroatoms. The van der Waals surface area contributed by atoms with Gasteiger partial charge in [-0.3, -0.25) is 0 Å². The van der Waals surface area contributed by atoms with Gasteiger partial charge in [0.1, 0.15) is 0 Å². The molecule has 0 N–H and O–H groups in total. The molecule has 11 rings (SSSR count). The van der Waals surface area contributed by atoms with Crippen LogP contribution in [0.3, 0.4) is 0 Å². The molecule has 1 heterocycles. The van der Waals surface area contributed by atoms with Crippen molar-refractivity contribution in [2.45, 2.75) is 38.5 Å². The van der Waals surface area contributed by atoms with E-state index in [4.69, 9.17) is 0 Å². The number of aromatic nitrogens is 1. The zero-order valence-electron chi connectivity index (χ0n) is 32.2. The Morgan fingerprint density at radius 3 is 1.68 bits per heavy atom. The Bertz CT molecular complexity index is 2990. The van der Waals surface area contributed by atoms with Gasteiger partial charge in [-0.1, -0.05) is 161 Å². The molecule has 0 spiro atoms. The fourth-order valence-electron chi connectivity index (χ4n) is 10.1. The average Bonchev–Trinajstić information content (AvgIpc) is 3.78. The van der Waals surface area contributed by atoms with E-state index in [-0.39, 0.29) is 10.8 Å². The van der Waals surface area contributed by atoms with Crippen LogP contribution in [0.1, 0.15) is 49.9 Å². The van der Waals surface area contributed by atoms with E-state index < -0.39 is 0 Å². The van der Waals surface area contributed by atoms with Crippen molar-refractivity contribution in [1.29, 1.82) is 0 Å². The van der Waals surface area contributed by atoms with Crippen molar-refractivity contribution >= 4 is 38.9 Å². The topological polar surface area (TPSA) is 8.17 Å². The van der Waals surface area contributed by atoms with E-state index in [1.807, 2.05) is 0 Å². The average molecular weight is 719 g/mol. The molecule has 0 aliphatic heterocycles. The maximum Gasteiger partial charge on any atom is 0.0543 e. The molecular formula is C54H42N2. The smallest absolute Gasteiger partial charge is 0.0543 e. The van der Waals surface area contributed by atoms with Gasteiger partial charge < -0.3 is 9.47 Å². The normalized spacial score (nSPS) is 14.4. The van der Waals surface area contributed by atoms with Crippen molar-refractivity contribution in [3.8, 4) is 39.1 Å². The standard InChI is InChI=1S/C54H42N2/c1-53(2)44-24-10-5-20-39(44)43-34-37(31-32-46(43)53)55(51-30-16-26-47-52(51)42-23-6-11-25-45(42)54(47,3)4)36-18-15-17-35(33-36)38-19-7-12-27-48(38)56-49-28-13-8-21-40(49)41-22-9-14-29-50(41)56/h5-34H,1-4H3. The summed E-state index contributed by atoms with van der Waals surface area (Å²) in [6.45, 7) is 9.45. The van der Waals surface area contributed by atoms with Gasteiger partial charge in [0.25, 0.3) is 0 Å². The summed E-state index contributed by atoms with van der Waals surface area (Å²) in [4.78, 5) is 2.51. The molecule has 0 atom stereocenters. The summed E-state index contributed by atoms with van der Waals surface area (Å²) in [5.74, 6) is 0. The quantitative estimate of drug-likeness (QED) is 0.172. The zero-order chi connectivity index (χ0) is 37.8. The van der Waals surface area contributed by atoms with E-state index >= 15 is 0 Å². The van der Waals surface area contributed by atoms with Crippen molar-refractivity contribution in [1.82, 2.24) is 4.57 Å². The molecule has 0 bridgehead atoms. The number of rotatable bonds is 5. The molecule has 56 heavy (non-hydrogen) atoms. The van der Waals surface area contributed by atoms with Crippen LogP contribution in [0.15, 0.2) is 182 Å². The summed E-state index contributed by atoms with van der Waals surface area (Å²) in [6, 6.07) is 67.6. The lowest BCUT2D eigenvalue weighted by Crippen LogP contribution is -2.16. The number of anilines is 3. The van der Waals surface area contributed by atoms with E-state index in [9.17, 15) is 0 Å². The van der Waals surface area contributed by atoms with Crippen molar-refractivity contribution in [3.63, 3.8) is 0 Å². The second-order valence-electron chi connectivity index (χ2n) is 16.5. The Morgan fingerprint density at radius 2 is 0.929 bits per heavy atom. The van der Waals surface area contributed by atoms with Crippen molar-refractivity contribution in [2.75, 3.05) is 4.90 Å². The summed E-state index contributed by atoms with van der Waals surface area (Å²) in [5.41, 5.74) is 20.0. The third-order valence-electron chi connectivity index (χ3n) is 12.8. The Labute approximate surface area is 328 Å². The second kappa shape index (κ2) is 11.9. The van der Waals surface area contributed by atoms with Crippen molar-refractivity contribution in [3.05, 3.63) is 204 Å². The first-order chi connectivity index (χ1) is 27.3. The van der Waals surface area contributed by atoms with Gasteiger partial charge in [-0.15, -0.1) is 0 Å². The molecule has 2 aliphatic carbocycles. The third kappa shape index (κ3) is 4.56. The van der Waals surface area contributed by atoms with Gasteiger partial charge in [0.05, 0.1) is 22.4 Å². The van der Waals surface area contributed by atoms with Gasteiger partial charge in [-0.25, -0.2) is 0 Å². The van der Waals surface area contributed by atoms with Gasteiger partial charge in [-0.2, -0.15) is 0 Å². The predicted molar refractivity (Wildman–Crippen MR) is 236 cm³/mol.